The number of carboxylic acid groups (broad SMARTS) is 1. The highest BCUT2D eigenvalue weighted by Crippen LogP contribution is 2.40. The minimum atomic E-state index is -1.16. The van der Waals surface area contributed by atoms with Crippen molar-refractivity contribution in [1.29, 1.82) is 0 Å². The van der Waals surface area contributed by atoms with Gasteiger partial charge in [0.15, 0.2) is 0 Å². The van der Waals surface area contributed by atoms with Crippen LogP contribution in [0.25, 0.3) is 20.9 Å². The topological polar surface area (TPSA) is 149 Å². The standard InChI is InChI=1S/C37H55BN6O6S/c1-10-23(3)37(8)32(26(6)39-20-22(2)19-36(7,49-9)31(38)24(4)30(45)25(5)34(46)47)44(35(48)50-37)18-14-13-17-43-21-28(41-42-43)33-40-27-15-11-12-16-29(27)51-33/h11-12,15-16,21-26,31-32,39H,10,13-14,17-20H2,1-9H3,(H,46,47)/t22-,23-,24+,25-,26-,31-,32-,36-,37-/m1/s1. The first-order valence-corrected chi connectivity index (χ1v) is 18.9. The largest absolute Gasteiger partial charge is 0.481 e. The monoisotopic (exact) mass is 722 g/mol. The number of fused-ring (bicyclic) bond motifs is 1. The maximum Gasteiger partial charge on any atom is 0.410 e. The van der Waals surface area contributed by atoms with Crippen LogP contribution in [0, 0.1) is 23.7 Å². The molecule has 2 aromatic heterocycles. The van der Waals surface area contributed by atoms with Gasteiger partial charge in [-0.05, 0) is 89.7 Å². The van der Waals surface area contributed by atoms with Crippen LogP contribution in [0.5, 0.6) is 0 Å². The van der Waals surface area contributed by atoms with Crippen LogP contribution < -0.4 is 5.32 Å². The number of hydrogen-bond acceptors (Lipinski definition) is 10. The number of para-hydroxylation sites is 1. The number of nitrogens with one attached hydrogen (secondary N) is 1. The van der Waals surface area contributed by atoms with Crippen LogP contribution in [0.1, 0.15) is 81.1 Å². The van der Waals surface area contributed by atoms with E-state index in [0.717, 1.165) is 40.2 Å². The highest BCUT2D eigenvalue weighted by Gasteiger charge is 2.55. The van der Waals surface area contributed by atoms with E-state index in [1.807, 2.05) is 53.9 Å². The molecule has 0 aliphatic carbocycles. The fraction of sp³-hybridized carbons (Fsp3) is 0.676. The molecule has 0 bridgehead atoms. The van der Waals surface area contributed by atoms with Crippen molar-refractivity contribution in [3.05, 3.63) is 30.5 Å². The van der Waals surface area contributed by atoms with Crippen molar-refractivity contribution < 1.29 is 29.0 Å². The van der Waals surface area contributed by atoms with Gasteiger partial charge in [-0.3, -0.25) is 19.2 Å². The number of benzene rings is 1. The van der Waals surface area contributed by atoms with E-state index in [1.165, 1.54) is 6.92 Å². The number of carbonyl (C=O) groups is 3. The molecule has 1 amide bonds. The van der Waals surface area contributed by atoms with E-state index in [9.17, 15) is 19.5 Å². The third kappa shape index (κ3) is 9.00. The summed E-state index contributed by atoms with van der Waals surface area (Å²) in [6, 6.07) is 7.73. The van der Waals surface area contributed by atoms with Crippen LogP contribution in [0.2, 0.25) is 5.82 Å². The number of unbranched alkanes of at least 4 members (excludes halogenated alkanes) is 1. The van der Waals surface area contributed by atoms with Crippen molar-refractivity contribution in [3.63, 3.8) is 0 Å². The lowest BCUT2D eigenvalue weighted by Gasteiger charge is -2.41. The van der Waals surface area contributed by atoms with Gasteiger partial charge in [0.2, 0.25) is 0 Å². The summed E-state index contributed by atoms with van der Waals surface area (Å²) in [5, 5.41) is 22.5. The number of thiazole rings is 1. The van der Waals surface area contributed by atoms with E-state index in [4.69, 9.17) is 17.3 Å². The second kappa shape index (κ2) is 17.0. The van der Waals surface area contributed by atoms with E-state index in [2.05, 4.69) is 48.3 Å². The van der Waals surface area contributed by atoms with Crippen molar-refractivity contribution in [2.75, 3.05) is 20.2 Å². The molecule has 0 unspecified atom stereocenters. The summed E-state index contributed by atoms with van der Waals surface area (Å²) in [4.78, 5) is 44.2. The number of ketones is 1. The number of ether oxygens (including phenoxy) is 2. The Bertz CT molecular complexity index is 1620. The van der Waals surface area contributed by atoms with Gasteiger partial charge >= 0.3 is 12.1 Å². The highest BCUT2D eigenvalue weighted by atomic mass is 32.1. The first-order valence-electron chi connectivity index (χ1n) is 18.1. The number of aliphatic carboxylic acids is 1. The maximum absolute atomic E-state index is 13.4. The third-order valence-corrected chi connectivity index (χ3v) is 12.2. The SMILES string of the molecule is [B][C@H]([C@@H](C)C(=O)[C@@H](C)C(=O)O)[C@@](C)(C[C@@H](C)CN[C@H](C)[C@H]1N(CCCCn2cc(-c3nc4ccccc4s3)nn2)C(=O)O[C@]1(C)[C@H](C)CC)OC. The van der Waals surface area contributed by atoms with Crippen LogP contribution in [0.3, 0.4) is 0 Å². The van der Waals surface area contributed by atoms with Gasteiger partial charge in [0, 0.05) is 32.2 Å². The number of aromatic nitrogens is 4. The Morgan fingerprint density at radius 3 is 2.51 bits per heavy atom. The smallest absolute Gasteiger partial charge is 0.410 e. The molecular weight excluding hydrogens is 667 g/mol. The molecule has 14 heteroatoms. The number of cyclic esters (lactones) is 1. The van der Waals surface area contributed by atoms with Gasteiger partial charge < -0.3 is 19.9 Å². The molecule has 9 atom stereocenters. The zero-order valence-corrected chi connectivity index (χ0v) is 32.4. The first-order chi connectivity index (χ1) is 24.1. The normalized spacial score (nSPS) is 22.6. The minimum absolute atomic E-state index is 0.0827. The second-order valence-electron chi connectivity index (χ2n) is 14.9. The highest BCUT2D eigenvalue weighted by molar-refractivity contribution is 7.21. The Kier molecular flexibility index (Phi) is 13.5. The summed E-state index contributed by atoms with van der Waals surface area (Å²) < 4.78 is 15.0. The minimum Gasteiger partial charge on any atom is -0.481 e. The fourth-order valence-electron chi connectivity index (χ4n) is 7.41. The summed E-state index contributed by atoms with van der Waals surface area (Å²) in [7, 11) is 8.14. The summed E-state index contributed by atoms with van der Waals surface area (Å²) in [5.74, 6) is -3.89. The molecule has 2 N–H and O–H groups in total. The molecule has 1 fully saturated rings. The van der Waals surface area contributed by atoms with Crippen LogP contribution in [-0.4, -0.2) is 99.2 Å². The number of carbonyl (C=O) groups excluding carboxylic acids is 2. The molecule has 1 aliphatic rings. The summed E-state index contributed by atoms with van der Waals surface area (Å²) in [6.07, 6.45) is 4.61. The molecule has 4 rings (SSSR count). The Hall–Kier alpha value is -3.36. The predicted molar refractivity (Wildman–Crippen MR) is 200 cm³/mol. The van der Waals surface area contributed by atoms with Crippen LogP contribution in [-0.2, 0) is 25.6 Å². The van der Waals surface area contributed by atoms with Crippen molar-refractivity contribution >= 4 is 47.2 Å². The number of amides is 1. The lowest BCUT2D eigenvalue weighted by Crippen LogP contribution is -2.58. The molecule has 2 radical (unpaired) electrons. The zero-order valence-electron chi connectivity index (χ0n) is 31.6. The summed E-state index contributed by atoms with van der Waals surface area (Å²) in [5.41, 5.74) is 0.160. The molecule has 51 heavy (non-hydrogen) atoms. The average molecular weight is 723 g/mol. The lowest BCUT2D eigenvalue weighted by molar-refractivity contribution is -0.147. The van der Waals surface area contributed by atoms with Gasteiger partial charge in [0.1, 0.15) is 28.0 Å². The Morgan fingerprint density at radius 1 is 1.18 bits per heavy atom. The third-order valence-electron chi connectivity index (χ3n) is 11.1. The molecule has 3 heterocycles. The van der Waals surface area contributed by atoms with Gasteiger partial charge in [-0.25, -0.2) is 9.78 Å². The van der Waals surface area contributed by atoms with E-state index in [1.54, 1.807) is 25.4 Å². The number of nitrogens with zero attached hydrogens (tertiary/aromatic N) is 5. The molecule has 12 nitrogen and oxygen atoms in total. The molecule has 3 aromatic rings. The quantitative estimate of drug-likeness (QED) is 0.0779. The molecule has 1 aliphatic heterocycles. The molecule has 0 saturated carbocycles. The number of hydrogen-bond donors (Lipinski definition) is 2. The van der Waals surface area contributed by atoms with Crippen molar-refractivity contribution in [2.24, 2.45) is 23.7 Å². The van der Waals surface area contributed by atoms with E-state index >= 15 is 0 Å². The number of Topliss-reactive ketones (excluding diaryl/α,β-unsaturated/α-hetero) is 1. The molecular formula is C37H55BN6O6S. The average Bonchev–Trinajstić information content (AvgIpc) is 3.83. The van der Waals surface area contributed by atoms with Crippen LogP contribution in [0.4, 0.5) is 4.79 Å². The molecule has 1 saturated heterocycles. The molecule has 0 spiro atoms. The van der Waals surface area contributed by atoms with E-state index in [-0.39, 0.29) is 30.0 Å². The Balaban J connectivity index is 1.36. The lowest BCUT2D eigenvalue weighted by atomic mass is 9.62. The molecule has 1 aromatic carbocycles. The predicted octanol–water partition coefficient (Wildman–Crippen LogP) is 6.25. The zero-order chi connectivity index (χ0) is 37.7. The first kappa shape index (κ1) is 40.4. The van der Waals surface area contributed by atoms with Gasteiger partial charge in [-0.1, -0.05) is 45.0 Å². The second-order valence-corrected chi connectivity index (χ2v) is 15.9. The van der Waals surface area contributed by atoms with Crippen LogP contribution >= 0.6 is 11.3 Å². The number of methoxy groups -OCH3 is 1. The Labute approximate surface area is 307 Å². The van der Waals surface area contributed by atoms with Crippen molar-refractivity contribution in [1.82, 2.24) is 30.2 Å². The van der Waals surface area contributed by atoms with Crippen molar-refractivity contribution in [2.45, 2.75) is 117 Å². The number of carboxylic acids is 1. The van der Waals surface area contributed by atoms with Gasteiger partial charge in [0.25, 0.3) is 0 Å². The van der Waals surface area contributed by atoms with Gasteiger partial charge in [-0.2, -0.15) is 0 Å². The Morgan fingerprint density at radius 2 is 1.86 bits per heavy atom. The number of aryl methyl sites for hydroxylation is 1. The van der Waals surface area contributed by atoms with E-state index in [0.29, 0.717) is 26.1 Å². The summed E-state index contributed by atoms with van der Waals surface area (Å²) >= 11 is 1.60. The molecule has 278 valence electrons. The summed E-state index contributed by atoms with van der Waals surface area (Å²) in [6.45, 7) is 17.2. The fourth-order valence-corrected chi connectivity index (χ4v) is 8.32. The van der Waals surface area contributed by atoms with Gasteiger partial charge in [0.05, 0.1) is 35.9 Å². The van der Waals surface area contributed by atoms with Crippen molar-refractivity contribution in [3.8, 4) is 10.7 Å². The van der Waals surface area contributed by atoms with E-state index < -0.39 is 40.6 Å². The number of rotatable bonds is 20. The van der Waals surface area contributed by atoms with Gasteiger partial charge in [-0.15, -0.1) is 16.4 Å². The van der Waals surface area contributed by atoms with Crippen LogP contribution in [0.15, 0.2) is 30.5 Å². The maximum atomic E-state index is 13.4.